The first kappa shape index (κ1) is 24.4. The lowest BCUT2D eigenvalue weighted by atomic mass is 10.1. The molecule has 0 saturated heterocycles. The molecule has 5 heteroatoms. The zero-order chi connectivity index (χ0) is 23.1. The van der Waals surface area contributed by atoms with Crippen molar-refractivity contribution in [2.24, 2.45) is 0 Å². The Kier molecular flexibility index (Phi) is 8.80. The fourth-order valence-corrected chi connectivity index (χ4v) is 5.20. The van der Waals surface area contributed by atoms with Crippen LogP contribution in [0.15, 0.2) is 42.5 Å². The van der Waals surface area contributed by atoms with Crippen molar-refractivity contribution >= 4 is 23.6 Å². The van der Waals surface area contributed by atoms with E-state index < -0.39 is 6.04 Å². The van der Waals surface area contributed by atoms with E-state index >= 15 is 0 Å². The van der Waals surface area contributed by atoms with Crippen LogP contribution in [0.25, 0.3) is 0 Å². The summed E-state index contributed by atoms with van der Waals surface area (Å²) < 4.78 is 0. The molecule has 1 fully saturated rings. The monoisotopic (exact) mass is 452 g/mol. The molecule has 2 aromatic carbocycles. The Labute approximate surface area is 197 Å². The van der Waals surface area contributed by atoms with Crippen LogP contribution in [0.3, 0.4) is 0 Å². The average Bonchev–Trinajstić information content (AvgIpc) is 3.25. The maximum atomic E-state index is 13.2. The van der Waals surface area contributed by atoms with Gasteiger partial charge in [-0.2, -0.15) is 0 Å². The standard InChI is InChI=1S/C27H36N2O2S/c1-19-9-11-23(12-10-19)16-29(22(4)27(31)28-25-7-5-6-8-25)26(30)18-32-17-24-14-20(2)13-21(3)15-24/h9-15,22,25H,5-8,16-18H2,1-4H3,(H,28,31). The van der Waals surface area contributed by atoms with E-state index in [9.17, 15) is 9.59 Å². The van der Waals surface area contributed by atoms with Crippen LogP contribution >= 0.6 is 11.8 Å². The van der Waals surface area contributed by atoms with Crippen molar-refractivity contribution < 1.29 is 9.59 Å². The molecular weight excluding hydrogens is 416 g/mol. The third-order valence-electron chi connectivity index (χ3n) is 6.12. The van der Waals surface area contributed by atoms with Crippen molar-refractivity contribution in [2.45, 2.75) is 77.8 Å². The van der Waals surface area contributed by atoms with Gasteiger partial charge in [0.05, 0.1) is 5.75 Å². The van der Waals surface area contributed by atoms with Crippen LogP contribution < -0.4 is 5.32 Å². The molecule has 3 rings (SSSR count). The molecule has 2 aromatic rings. The maximum Gasteiger partial charge on any atom is 0.242 e. The highest BCUT2D eigenvalue weighted by molar-refractivity contribution is 7.99. The van der Waals surface area contributed by atoms with E-state index in [2.05, 4.69) is 49.5 Å². The Morgan fingerprint density at radius 1 is 0.969 bits per heavy atom. The van der Waals surface area contributed by atoms with E-state index in [4.69, 9.17) is 0 Å². The van der Waals surface area contributed by atoms with Crippen molar-refractivity contribution in [3.8, 4) is 0 Å². The topological polar surface area (TPSA) is 49.4 Å². The van der Waals surface area contributed by atoms with Gasteiger partial charge in [-0.05, 0) is 51.7 Å². The number of nitrogens with zero attached hydrogens (tertiary/aromatic N) is 1. The Hall–Kier alpha value is -2.27. The van der Waals surface area contributed by atoms with Gasteiger partial charge < -0.3 is 10.2 Å². The molecule has 1 unspecified atom stereocenters. The molecule has 0 radical (unpaired) electrons. The average molecular weight is 453 g/mol. The lowest BCUT2D eigenvalue weighted by Crippen LogP contribution is -2.50. The molecule has 1 saturated carbocycles. The molecule has 0 heterocycles. The van der Waals surface area contributed by atoms with Gasteiger partial charge in [0.15, 0.2) is 0 Å². The van der Waals surface area contributed by atoms with Crippen LogP contribution in [0.1, 0.15) is 60.4 Å². The minimum absolute atomic E-state index is 0.00835. The molecule has 1 aliphatic carbocycles. The molecule has 1 atom stereocenters. The number of aryl methyl sites for hydroxylation is 3. The number of benzene rings is 2. The Balaban J connectivity index is 1.65. The third-order valence-corrected chi connectivity index (χ3v) is 7.11. The zero-order valence-electron chi connectivity index (χ0n) is 19.8. The van der Waals surface area contributed by atoms with Gasteiger partial charge in [0.1, 0.15) is 6.04 Å². The van der Waals surface area contributed by atoms with Gasteiger partial charge in [-0.25, -0.2) is 0 Å². The number of rotatable bonds is 9. The highest BCUT2D eigenvalue weighted by atomic mass is 32.2. The van der Waals surface area contributed by atoms with E-state index in [0.717, 1.165) is 24.2 Å². The van der Waals surface area contributed by atoms with Crippen molar-refractivity contribution in [1.82, 2.24) is 10.2 Å². The number of hydrogen-bond donors (Lipinski definition) is 1. The number of carbonyl (C=O) groups is 2. The minimum Gasteiger partial charge on any atom is -0.352 e. The highest BCUT2D eigenvalue weighted by Gasteiger charge is 2.28. The van der Waals surface area contributed by atoms with Crippen LogP contribution in [0.4, 0.5) is 0 Å². The summed E-state index contributed by atoms with van der Waals surface area (Å²) in [6.45, 7) is 8.54. The van der Waals surface area contributed by atoms with Crippen LogP contribution in [0.2, 0.25) is 0 Å². The summed E-state index contributed by atoms with van der Waals surface area (Å²) in [6, 6.07) is 14.4. The number of thioether (sulfide) groups is 1. The van der Waals surface area contributed by atoms with Crippen LogP contribution in [-0.4, -0.2) is 34.6 Å². The first-order chi connectivity index (χ1) is 15.3. The van der Waals surface area contributed by atoms with Crippen LogP contribution in [-0.2, 0) is 21.9 Å². The van der Waals surface area contributed by atoms with Crippen molar-refractivity contribution in [3.05, 3.63) is 70.3 Å². The second-order valence-electron chi connectivity index (χ2n) is 9.16. The zero-order valence-corrected chi connectivity index (χ0v) is 20.6. The molecule has 0 aliphatic heterocycles. The molecular formula is C27H36N2O2S. The summed E-state index contributed by atoms with van der Waals surface area (Å²) in [7, 11) is 0. The first-order valence-electron chi connectivity index (χ1n) is 11.6. The van der Waals surface area contributed by atoms with Crippen molar-refractivity contribution in [2.75, 3.05) is 5.75 Å². The van der Waals surface area contributed by atoms with Crippen molar-refractivity contribution in [1.29, 1.82) is 0 Å². The lowest BCUT2D eigenvalue weighted by Gasteiger charge is -2.29. The van der Waals surface area contributed by atoms with E-state index in [1.165, 1.54) is 35.1 Å². The maximum absolute atomic E-state index is 13.2. The van der Waals surface area contributed by atoms with Gasteiger partial charge in [-0.15, -0.1) is 11.8 Å². The van der Waals surface area contributed by atoms with Crippen LogP contribution in [0, 0.1) is 20.8 Å². The van der Waals surface area contributed by atoms with Gasteiger partial charge in [-0.3, -0.25) is 9.59 Å². The van der Waals surface area contributed by atoms with Gasteiger partial charge >= 0.3 is 0 Å². The number of carbonyl (C=O) groups excluding carboxylic acids is 2. The normalized spacial score (nSPS) is 14.9. The van der Waals surface area contributed by atoms with E-state index in [0.29, 0.717) is 12.3 Å². The smallest absolute Gasteiger partial charge is 0.242 e. The summed E-state index contributed by atoms with van der Waals surface area (Å²) in [5.74, 6) is 1.11. The van der Waals surface area contributed by atoms with E-state index in [-0.39, 0.29) is 17.9 Å². The molecule has 1 aliphatic rings. The largest absolute Gasteiger partial charge is 0.352 e. The van der Waals surface area contributed by atoms with Crippen LogP contribution in [0.5, 0.6) is 0 Å². The van der Waals surface area contributed by atoms with Gasteiger partial charge in [0, 0.05) is 18.3 Å². The SMILES string of the molecule is Cc1ccc(CN(C(=O)CSCc2cc(C)cc(C)c2)C(C)C(=O)NC2CCCC2)cc1. The number of amides is 2. The quantitative estimate of drug-likeness (QED) is 0.560. The molecule has 4 nitrogen and oxygen atoms in total. The summed E-state index contributed by atoms with van der Waals surface area (Å²) >= 11 is 1.61. The van der Waals surface area contributed by atoms with Crippen molar-refractivity contribution in [3.63, 3.8) is 0 Å². The highest BCUT2D eigenvalue weighted by Crippen LogP contribution is 2.20. The Morgan fingerprint density at radius 2 is 1.59 bits per heavy atom. The molecule has 0 spiro atoms. The summed E-state index contributed by atoms with van der Waals surface area (Å²) in [5.41, 5.74) is 5.94. The first-order valence-corrected chi connectivity index (χ1v) is 12.8. The fraction of sp³-hybridized carbons (Fsp3) is 0.481. The Bertz CT molecular complexity index is 900. The fourth-order valence-electron chi connectivity index (χ4n) is 4.36. The van der Waals surface area contributed by atoms with Gasteiger partial charge in [0.2, 0.25) is 11.8 Å². The predicted octanol–water partition coefficient (Wildman–Crippen LogP) is 5.32. The molecule has 1 N–H and O–H groups in total. The molecule has 172 valence electrons. The Morgan fingerprint density at radius 3 is 2.22 bits per heavy atom. The predicted molar refractivity (Wildman–Crippen MR) is 134 cm³/mol. The van der Waals surface area contributed by atoms with Gasteiger partial charge in [-0.1, -0.05) is 72.0 Å². The molecule has 0 aromatic heterocycles. The van der Waals surface area contributed by atoms with E-state index in [1.807, 2.05) is 26.0 Å². The summed E-state index contributed by atoms with van der Waals surface area (Å²) in [4.78, 5) is 27.9. The van der Waals surface area contributed by atoms with E-state index in [1.54, 1.807) is 16.7 Å². The minimum atomic E-state index is -0.494. The number of hydrogen-bond acceptors (Lipinski definition) is 3. The summed E-state index contributed by atoms with van der Waals surface area (Å²) in [6.07, 6.45) is 4.41. The molecule has 32 heavy (non-hydrogen) atoms. The lowest BCUT2D eigenvalue weighted by molar-refractivity contribution is -0.138. The second kappa shape index (κ2) is 11.6. The second-order valence-corrected chi connectivity index (χ2v) is 10.1. The summed E-state index contributed by atoms with van der Waals surface area (Å²) in [5, 5.41) is 3.16. The number of nitrogens with one attached hydrogen (secondary N) is 1. The third kappa shape index (κ3) is 7.13. The van der Waals surface area contributed by atoms with Gasteiger partial charge in [0.25, 0.3) is 0 Å². The molecule has 2 amide bonds. The molecule has 0 bridgehead atoms.